The molecule has 1 amide bonds. The van der Waals surface area contributed by atoms with E-state index < -0.39 is 11.7 Å². The number of nitrogens with one attached hydrogen (secondary N) is 1. The first-order valence-corrected chi connectivity index (χ1v) is 6.41. The minimum Gasteiger partial charge on any atom is -0.444 e. The Bertz CT molecular complexity index is 364. The van der Waals surface area contributed by atoms with Gasteiger partial charge in [0.05, 0.1) is 0 Å². The molecule has 0 aromatic heterocycles. The zero-order chi connectivity index (χ0) is 15.1. The highest BCUT2D eigenvalue weighted by Gasteiger charge is 2.20. The second-order valence-corrected chi connectivity index (χ2v) is 5.70. The Hall–Kier alpha value is -1.58. The number of rotatable bonds is 6. The standard InChI is InChI=1S/C15H25NO3/c1-7-8-11(2)9-13(10-12(3)17)16-14(18)19-15(4,5)6/h7-8,13H,1,9-10H2,2-6H3,(H,16,18)/b11-8+/t13-/m1/s1. The van der Waals surface area contributed by atoms with Gasteiger partial charge in [-0.15, -0.1) is 0 Å². The fraction of sp³-hybridized carbons (Fsp3) is 0.600. The summed E-state index contributed by atoms with van der Waals surface area (Å²) >= 11 is 0. The number of hydrogen-bond donors (Lipinski definition) is 1. The molecule has 0 aromatic rings. The third kappa shape index (κ3) is 10.1. The summed E-state index contributed by atoms with van der Waals surface area (Å²) in [7, 11) is 0. The van der Waals surface area contributed by atoms with Gasteiger partial charge in [-0.2, -0.15) is 0 Å². The van der Waals surface area contributed by atoms with Crippen molar-refractivity contribution in [3.63, 3.8) is 0 Å². The van der Waals surface area contributed by atoms with Crippen molar-refractivity contribution in [2.45, 2.75) is 59.1 Å². The maximum Gasteiger partial charge on any atom is 0.407 e. The van der Waals surface area contributed by atoms with Gasteiger partial charge in [0.25, 0.3) is 0 Å². The molecule has 108 valence electrons. The summed E-state index contributed by atoms with van der Waals surface area (Å²) in [6, 6.07) is -0.247. The molecule has 0 rings (SSSR count). The normalized spacial score (nSPS) is 13.6. The highest BCUT2D eigenvalue weighted by molar-refractivity contribution is 5.77. The first-order valence-electron chi connectivity index (χ1n) is 6.41. The van der Waals surface area contributed by atoms with Crippen LogP contribution in [0.2, 0.25) is 0 Å². The Morgan fingerprint density at radius 1 is 1.26 bits per heavy atom. The van der Waals surface area contributed by atoms with Gasteiger partial charge in [0.2, 0.25) is 0 Å². The SMILES string of the molecule is C=C/C=C(\C)C[C@H](CC(C)=O)NC(=O)OC(C)(C)C. The smallest absolute Gasteiger partial charge is 0.407 e. The molecule has 0 aliphatic carbocycles. The Morgan fingerprint density at radius 2 is 1.84 bits per heavy atom. The summed E-state index contributed by atoms with van der Waals surface area (Å²) in [4.78, 5) is 22.9. The number of carbonyl (C=O) groups is 2. The summed E-state index contributed by atoms with van der Waals surface area (Å²) < 4.78 is 5.19. The highest BCUT2D eigenvalue weighted by Crippen LogP contribution is 2.11. The summed E-state index contributed by atoms with van der Waals surface area (Å²) in [5.74, 6) is 0.0347. The van der Waals surface area contributed by atoms with Crippen LogP contribution in [0.15, 0.2) is 24.3 Å². The number of carbonyl (C=O) groups excluding carboxylic acids is 2. The molecule has 4 nitrogen and oxygen atoms in total. The molecule has 0 aromatic carbocycles. The van der Waals surface area contributed by atoms with Crippen molar-refractivity contribution in [2.24, 2.45) is 0 Å². The molecular weight excluding hydrogens is 242 g/mol. The van der Waals surface area contributed by atoms with Crippen LogP contribution in [0.3, 0.4) is 0 Å². The van der Waals surface area contributed by atoms with Crippen LogP contribution in [0, 0.1) is 0 Å². The van der Waals surface area contributed by atoms with Crippen molar-refractivity contribution in [3.8, 4) is 0 Å². The fourth-order valence-electron chi connectivity index (χ4n) is 1.65. The molecule has 0 aliphatic rings. The fourth-order valence-corrected chi connectivity index (χ4v) is 1.65. The Labute approximate surface area is 115 Å². The molecule has 0 spiro atoms. The number of alkyl carbamates (subject to hydrolysis) is 1. The molecule has 0 unspecified atom stereocenters. The van der Waals surface area contributed by atoms with Crippen molar-refractivity contribution >= 4 is 11.9 Å². The molecule has 0 heterocycles. The molecule has 4 heteroatoms. The van der Waals surface area contributed by atoms with Crippen LogP contribution in [-0.2, 0) is 9.53 Å². The quantitative estimate of drug-likeness (QED) is 0.751. The first kappa shape index (κ1) is 17.4. The number of allylic oxidation sites excluding steroid dienone is 2. The van der Waals surface area contributed by atoms with E-state index in [0.29, 0.717) is 12.8 Å². The lowest BCUT2D eigenvalue weighted by molar-refractivity contribution is -0.117. The average Bonchev–Trinajstić information content (AvgIpc) is 2.12. The molecular formula is C15H25NO3. The van der Waals surface area contributed by atoms with E-state index in [2.05, 4.69) is 11.9 Å². The van der Waals surface area contributed by atoms with Gasteiger partial charge in [-0.1, -0.05) is 24.3 Å². The molecule has 19 heavy (non-hydrogen) atoms. The van der Waals surface area contributed by atoms with Crippen LogP contribution >= 0.6 is 0 Å². The van der Waals surface area contributed by atoms with E-state index in [4.69, 9.17) is 4.74 Å². The molecule has 0 saturated carbocycles. The van der Waals surface area contributed by atoms with E-state index in [9.17, 15) is 9.59 Å². The third-order valence-corrected chi connectivity index (χ3v) is 2.23. The summed E-state index contributed by atoms with van der Waals surface area (Å²) in [5.41, 5.74) is 0.508. The number of ketones is 1. The first-order chi connectivity index (χ1) is 8.64. The number of ether oxygens (including phenoxy) is 1. The van der Waals surface area contributed by atoms with Crippen LogP contribution in [0.25, 0.3) is 0 Å². The number of amides is 1. The van der Waals surface area contributed by atoms with Crippen molar-refractivity contribution in [1.82, 2.24) is 5.32 Å². The van der Waals surface area contributed by atoms with E-state index in [1.165, 1.54) is 6.92 Å². The number of hydrogen-bond acceptors (Lipinski definition) is 3. The Morgan fingerprint density at radius 3 is 2.26 bits per heavy atom. The third-order valence-electron chi connectivity index (χ3n) is 2.23. The second kappa shape index (κ2) is 7.77. The maximum absolute atomic E-state index is 11.7. The molecule has 0 radical (unpaired) electrons. The van der Waals surface area contributed by atoms with Gasteiger partial charge < -0.3 is 10.1 Å². The van der Waals surface area contributed by atoms with E-state index in [-0.39, 0.29) is 11.8 Å². The van der Waals surface area contributed by atoms with Crippen molar-refractivity contribution in [1.29, 1.82) is 0 Å². The van der Waals surface area contributed by atoms with Gasteiger partial charge in [-0.25, -0.2) is 4.79 Å². The van der Waals surface area contributed by atoms with Gasteiger partial charge in [0, 0.05) is 12.5 Å². The van der Waals surface area contributed by atoms with Crippen LogP contribution < -0.4 is 5.32 Å². The van der Waals surface area contributed by atoms with Gasteiger partial charge >= 0.3 is 6.09 Å². The van der Waals surface area contributed by atoms with E-state index in [1.807, 2.05) is 13.0 Å². The van der Waals surface area contributed by atoms with Gasteiger partial charge in [-0.05, 0) is 41.0 Å². The largest absolute Gasteiger partial charge is 0.444 e. The number of Topliss-reactive ketones (excluding diaryl/α,β-unsaturated/α-hetero) is 1. The van der Waals surface area contributed by atoms with Crippen molar-refractivity contribution in [2.75, 3.05) is 0 Å². The minimum atomic E-state index is -0.545. The van der Waals surface area contributed by atoms with Crippen LogP contribution in [0.4, 0.5) is 4.79 Å². The summed E-state index contributed by atoms with van der Waals surface area (Å²) in [6.07, 6.45) is 3.95. The van der Waals surface area contributed by atoms with Crippen molar-refractivity contribution in [3.05, 3.63) is 24.3 Å². The van der Waals surface area contributed by atoms with E-state index >= 15 is 0 Å². The van der Waals surface area contributed by atoms with E-state index in [0.717, 1.165) is 5.57 Å². The predicted octanol–water partition coefficient (Wildman–Crippen LogP) is 3.38. The lowest BCUT2D eigenvalue weighted by Gasteiger charge is -2.23. The lowest BCUT2D eigenvalue weighted by atomic mass is 10.0. The molecule has 0 aliphatic heterocycles. The molecule has 0 saturated heterocycles. The summed E-state index contributed by atoms with van der Waals surface area (Å²) in [6.45, 7) is 12.5. The van der Waals surface area contributed by atoms with Gasteiger partial charge in [0.1, 0.15) is 11.4 Å². The van der Waals surface area contributed by atoms with Crippen LogP contribution in [0.1, 0.15) is 47.5 Å². The monoisotopic (exact) mass is 267 g/mol. The second-order valence-electron chi connectivity index (χ2n) is 5.70. The molecule has 1 atom stereocenters. The van der Waals surface area contributed by atoms with Crippen LogP contribution in [0.5, 0.6) is 0 Å². The van der Waals surface area contributed by atoms with Crippen molar-refractivity contribution < 1.29 is 14.3 Å². The van der Waals surface area contributed by atoms with Gasteiger partial charge in [-0.3, -0.25) is 4.79 Å². The maximum atomic E-state index is 11.7. The topological polar surface area (TPSA) is 55.4 Å². The van der Waals surface area contributed by atoms with Gasteiger partial charge in [0.15, 0.2) is 0 Å². The minimum absolute atomic E-state index is 0.0347. The van der Waals surface area contributed by atoms with E-state index in [1.54, 1.807) is 26.8 Å². The summed E-state index contributed by atoms with van der Waals surface area (Å²) in [5, 5.41) is 2.74. The zero-order valence-electron chi connectivity index (χ0n) is 12.6. The molecule has 0 fully saturated rings. The molecule has 0 bridgehead atoms. The Kier molecular flexibility index (Phi) is 7.12. The predicted molar refractivity (Wildman–Crippen MR) is 77.0 cm³/mol. The van der Waals surface area contributed by atoms with Crippen LogP contribution in [-0.4, -0.2) is 23.5 Å². The Balaban J connectivity index is 4.59. The lowest BCUT2D eigenvalue weighted by Crippen LogP contribution is -2.40. The zero-order valence-corrected chi connectivity index (χ0v) is 12.6. The average molecular weight is 267 g/mol. The molecule has 1 N–H and O–H groups in total. The highest BCUT2D eigenvalue weighted by atomic mass is 16.6.